The summed E-state index contributed by atoms with van der Waals surface area (Å²) in [7, 11) is 0. The highest BCUT2D eigenvalue weighted by molar-refractivity contribution is 5.80. The zero-order valence-corrected chi connectivity index (χ0v) is 18.5. The fourth-order valence-corrected chi connectivity index (χ4v) is 4.66. The van der Waals surface area contributed by atoms with Gasteiger partial charge in [-0.2, -0.15) is 0 Å². The number of rotatable bonds is 6. The third-order valence-electron chi connectivity index (χ3n) is 6.36. The quantitative estimate of drug-likeness (QED) is 0.329. The van der Waals surface area contributed by atoms with Crippen LogP contribution in [0.2, 0.25) is 0 Å². The zero-order valence-electron chi connectivity index (χ0n) is 18.5. The standard InChI is InChI=1S/C28H26N4O/c1-2-8-22(9-3-1)27-30-25-10-4-5-11-26(25)32(27)18-21-12-14-23(15-13-21)28-29-24(20-33-28)19-31-16-6-7-17-31/h1-5,8-15,20H,6-7,16-19H2. The van der Waals surface area contributed by atoms with Crippen molar-refractivity contribution in [3.8, 4) is 22.8 Å². The summed E-state index contributed by atoms with van der Waals surface area (Å²) in [6.45, 7) is 3.93. The van der Waals surface area contributed by atoms with Gasteiger partial charge in [0.2, 0.25) is 5.89 Å². The van der Waals surface area contributed by atoms with E-state index in [9.17, 15) is 0 Å². The van der Waals surface area contributed by atoms with Gasteiger partial charge in [0.15, 0.2) is 0 Å². The molecular weight excluding hydrogens is 408 g/mol. The molecule has 0 atom stereocenters. The first-order chi connectivity index (χ1) is 16.3. The first-order valence-corrected chi connectivity index (χ1v) is 11.6. The maximum Gasteiger partial charge on any atom is 0.226 e. The van der Waals surface area contributed by atoms with Crippen LogP contribution in [0.15, 0.2) is 89.5 Å². The number of fused-ring (bicyclic) bond motifs is 1. The molecule has 6 rings (SSSR count). The highest BCUT2D eigenvalue weighted by atomic mass is 16.3. The lowest BCUT2D eigenvalue weighted by molar-refractivity contribution is 0.327. The third kappa shape index (κ3) is 4.08. The van der Waals surface area contributed by atoms with Crippen LogP contribution in [0.4, 0.5) is 0 Å². The molecule has 1 aliphatic rings. The lowest BCUT2D eigenvalue weighted by Gasteiger charge is -2.11. The molecule has 5 heteroatoms. The third-order valence-corrected chi connectivity index (χ3v) is 6.36. The molecular formula is C28H26N4O. The Bertz CT molecular complexity index is 1360. The molecule has 33 heavy (non-hydrogen) atoms. The van der Waals surface area contributed by atoms with Crippen molar-refractivity contribution in [1.29, 1.82) is 0 Å². The Morgan fingerprint density at radius 1 is 0.727 bits per heavy atom. The van der Waals surface area contributed by atoms with Crippen molar-refractivity contribution >= 4 is 11.0 Å². The largest absolute Gasteiger partial charge is 0.444 e. The average Bonchev–Trinajstić information content (AvgIpc) is 3.62. The number of hydrogen-bond donors (Lipinski definition) is 0. The molecule has 1 saturated heterocycles. The van der Waals surface area contributed by atoms with Crippen molar-refractivity contribution in [2.24, 2.45) is 0 Å². The number of benzene rings is 3. The smallest absolute Gasteiger partial charge is 0.226 e. The van der Waals surface area contributed by atoms with Crippen LogP contribution < -0.4 is 0 Å². The van der Waals surface area contributed by atoms with Gasteiger partial charge < -0.3 is 8.98 Å². The van der Waals surface area contributed by atoms with Gasteiger partial charge in [0.05, 0.1) is 16.7 Å². The lowest BCUT2D eigenvalue weighted by Crippen LogP contribution is -2.18. The zero-order chi connectivity index (χ0) is 22.0. The van der Waals surface area contributed by atoms with Gasteiger partial charge in [-0.1, -0.05) is 54.6 Å². The van der Waals surface area contributed by atoms with Crippen LogP contribution in [0, 0.1) is 0 Å². The summed E-state index contributed by atoms with van der Waals surface area (Å²) in [5, 5.41) is 0. The molecule has 0 saturated carbocycles. The SMILES string of the molecule is c1ccc(-c2nc3ccccc3n2Cc2ccc(-c3nc(CN4CCCC4)co3)cc2)cc1. The van der Waals surface area contributed by atoms with Crippen molar-refractivity contribution < 1.29 is 4.42 Å². The Labute approximate surface area is 193 Å². The van der Waals surface area contributed by atoms with Crippen molar-refractivity contribution in [3.05, 3.63) is 96.4 Å². The van der Waals surface area contributed by atoms with Crippen LogP contribution in [0.3, 0.4) is 0 Å². The second-order valence-corrected chi connectivity index (χ2v) is 8.70. The minimum Gasteiger partial charge on any atom is -0.444 e. The minimum absolute atomic E-state index is 0.689. The van der Waals surface area contributed by atoms with E-state index < -0.39 is 0 Å². The molecule has 2 aromatic heterocycles. The van der Waals surface area contributed by atoms with E-state index in [4.69, 9.17) is 14.4 Å². The molecule has 0 radical (unpaired) electrons. The highest BCUT2D eigenvalue weighted by Crippen LogP contribution is 2.27. The van der Waals surface area contributed by atoms with Gasteiger partial charge in [-0.05, 0) is 55.8 Å². The molecule has 164 valence electrons. The van der Waals surface area contributed by atoms with Crippen molar-refractivity contribution in [2.75, 3.05) is 13.1 Å². The van der Waals surface area contributed by atoms with Gasteiger partial charge >= 0.3 is 0 Å². The molecule has 3 aromatic carbocycles. The summed E-state index contributed by atoms with van der Waals surface area (Å²) >= 11 is 0. The number of para-hydroxylation sites is 2. The lowest BCUT2D eigenvalue weighted by atomic mass is 10.1. The Morgan fingerprint density at radius 2 is 1.48 bits per heavy atom. The van der Waals surface area contributed by atoms with E-state index in [1.807, 2.05) is 12.1 Å². The number of aromatic nitrogens is 3. The molecule has 0 N–H and O–H groups in total. The molecule has 5 aromatic rings. The van der Waals surface area contributed by atoms with Gasteiger partial charge in [-0.25, -0.2) is 9.97 Å². The molecule has 0 amide bonds. The Balaban J connectivity index is 1.26. The van der Waals surface area contributed by atoms with E-state index in [2.05, 4.69) is 76.2 Å². The number of nitrogens with zero attached hydrogens (tertiary/aromatic N) is 4. The van der Waals surface area contributed by atoms with Crippen LogP contribution >= 0.6 is 0 Å². The molecule has 0 aliphatic carbocycles. The van der Waals surface area contributed by atoms with Crippen molar-refractivity contribution in [1.82, 2.24) is 19.4 Å². The van der Waals surface area contributed by atoms with Gasteiger partial charge in [0.25, 0.3) is 0 Å². The topological polar surface area (TPSA) is 47.1 Å². The van der Waals surface area contributed by atoms with Gasteiger partial charge in [-0.15, -0.1) is 0 Å². The predicted molar refractivity (Wildman–Crippen MR) is 131 cm³/mol. The fourth-order valence-electron chi connectivity index (χ4n) is 4.66. The number of hydrogen-bond acceptors (Lipinski definition) is 4. The Kier molecular flexibility index (Phi) is 5.25. The van der Waals surface area contributed by atoms with Gasteiger partial charge in [0.1, 0.15) is 12.1 Å². The predicted octanol–water partition coefficient (Wildman–Crippen LogP) is 6.00. The monoisotopic (exact) mass is 434 g/mol. The second-order valence-electron chi connectivity index (χ2n) is 8.70. The minimum atomic E-state index is 0.689. The maximum atomic E-state index is 5.79. The van der Waals surface area contributed by atoms with Crippen molar-refractivity contribution in [3.63, 3.8) is 0 Å². The van der Waals surface area contributed by atoms with E-state index in [-0.39, 0.29) is 0 Å². The normalized spacial score (nSPS) is 14.3. The van der Waals surface area contributed by atoms with Crippen LogP contribution in [0.25, 0.3) is 33.9 Å². The molecule has 0 spiro atoms. The molecule has 0 bridgehead atoms. The Hall–Kier alpha value is -3.70. The van der Waals surface area contributed by atoms with Gasteiger partial charge in [0, 0.05) is 24.2 Å². The van der Waals surface area contributed by atoms with Gasteiger partial charge in [-0.3, -0.25) is 4.90 Å². The van der Waals surface area contributed by atoms with Crippen LogP contribution in [-0.4, -0.2) is 32.5 Å². The molecule has 3 heterocycles. The summed E-state index contributed by atoms with van der Waals surface area (Å²) in [4.78, 5) is 12.1. The van der Waals surface area contributed by atoms with E-state index >= 15 is 0 Å². The molecule has 1 fully saturated rings. The van der Waals surface area contributed by atoms with E-state index in [1.54, 1.807) is 6.26 Å². The molecule has 5 nitrogen and oxygen atoms in total. The molecule has 1 aliphatic heterocycles. The summed E-state index contributed by atoms with van der Waals surface area (Å²) in [6, 6.07) is 27.2. The van der Waals surface area contributed by atoms with Crippen molar-refractivity contribution in [2.45, 2.75) is 25.9 Å². The first kappa shape index (κ1) is 19.9. The number of oxazole rings is 1. The van der Waals surface area contributed by atoms with Crippen LogP contribution in [0.5, 0.6) is 0 Å². The average molecular weight is 435 g/mol. The Morgan fingerprint density at radius 3 is 2.30 bits per heavy atom. The fraction of sp³-hybridized carbons (Fsp3) is 0.214. The summed E-state index contributed by atoms with van der Waals surface area (Å²) in [5.74, 6) is 1.67. The summed E-state index contributed by atoms with van der Waals surface area (Å²) in [6.07, 6.45) is 4.36. The number of likely N-dealkylation sites (tertiary alicyclic amines) is 1. The summed E-state index contributed by atoms with van der Waals surface area (Å²) in [5.41, 5.74) is 6.50. The summed E-state index contributed by atoms with van der Waals surface area (Å²) < 4.78 is 8.08. The van der Waals surface area contributed by atoms with Crippen LogP contribution in [0.1, 0.15) is 24.1 Å². The number of imidazole rings is 1. The molecule has 0 unspecified atom stereocenters. The highest BCUT2D eigenvalue weighted by Gasteiger charge is 2.16. The second kappa shape index (κ2) is 8.68. The van der Waals surface area contributed by atoms with E-state index in [1.165, 1.54) is 18.4 Å². The van der Waals surface area contributed by atoms with E-state index in [0.717, 1.165) is 59.9 Å². The first-order valence-electron chi connectivity index (χ1n) is 11.6. The van der Waals surface area contributed by atoms with E-state index in [0.29, 0.717) is 5.89 Å². The van der Waals surface area contributed by atoms with Crippen LogP contribution in [-0.2, 0) is 13.1 Å². The maximum absolute atomic E-state index is 5.79.